The van der Waals surface area contributed by atoms with Crippen molar-refractivity contribution < 1.29 is 14.3 Å². The first kappa shape index (κ1) is 14.4. The largest absolute Gasteiger partial charge is 0.464 e. The van der Waals surface area contributed by atoms with E-state index >= 15 is 0 Å². The Morgan fingerprint density at radius 1 is 1.21 bits per heavy atom. The van der Waals surface area contributed by atoms with Crippen molar-refractivity contribution in [3.63, 3.8) is 0 Å². The molecule has 1 heterocycles. The minimum atomic E-state index is -0.361. The van der Waals surface area contributed by atoms with Gasteiger partial charge in [0.1, 0.15) is 6.04 Å². The fourth-order valence-electron chi connectivity index (χ4n) is 3.49. The summed E-state index contributed by atoms with van der Waals surface area (Å²) >= 11 is 0. The average molecular weight is 267 g/mol. The van der Waals surface area contributed by atoms with Crippen molar-refractivity contribution in [2.45, 2.75) is 53.5 Å². The van der Waals surface area contributed by atoms with Crippen LogP contribution in [-0.2, 0) is 14.3 Å². The van der Waals surface area contributed by atoms with Crippen LogP contribution in [0.3, 0.4) is 0 Å². The van der Waals surface area contributed by atoms with E-state index in [-0.39, 0.29) is 34.7 Å². The molecule has 4 nitrogen and oxygen atoms in total. The maximum atomic E-state index is 12.7. The van der Waals surface area contributed by atoms with Crippen molar-refractivity contribution in [1.29, 1.82) is 0 Å². The van der Waals surface area contributed by atoms with E-state index < -0.39 is 0 Å². The van der Waals surface area contributed by atoms with Gasteiger partial charge in [-0.2, -0.15) is 0 Å². The van der Waals surface area contributed by atoms with Crippen LogP contribution in [0.2, 0.25) is 0 Å². The second kappa shape index (κ2) is 4.50. The normalized spacial score (nSPS) is 28.3. The van der Waals surface area contributed by atoms with Gasteiger partial charge in [0.15, 0.2) is 0 Å². The molecule has 108 valence electrons. The molecule has 1 saturated carbocycles. The standard InChI is InChI=1S/C15H25NO3/c1-6-19-13(18)10-8-7-9-16(10)12(17)11-14(2,3)15(11,4)5/h10-11H,6-9H2,1-5H3. The highest BCUT2D eigenvalue weighted by Gasteiger charge is 2.69. The quantitative estimate of drug-likeness (QED) is 0.737. The van der Waals surface area contributed by atoms with Crippen LogP contribution in [0.25, 0.3) is 0 Å². The van der Waals surface area contributed by atoms with Crippen LogP contribution in [0.1, 0.15) is 47.5 Å². The summed E-state index contributed by atoms with van der Waals surface area (Å²) in [5.41, 5.74) is 0.0395. The monoisotopic (exact) mass is 267 g/mol. The molecular weight excluding hydrogens is 242 g/mol. The second-order valence-corrected chi connectivity index (χ2v) is 6.82. The molecule has 1 unspecified atom stereocenters. The Bertz CT molecular complexity index is 386. The number of carbonyl (C=O) groups excluding carboxylic acids is 2. The van der Waals surface area contributed by atoms with Crippen molar-refractivity contribution in [2.24, 2.45) is 16.7 Å². The smallest absolute Gasteiger partial charge is 0.328 e. The van der Waals surface area contributed by atoms with Gasteiger partial charge in [-0.25, -0.2) is 4.79 Å². The van der Waals surface area contributed by atoms with Crippen LogP contribution in [0, 0.1) is 16.7 Å². The van der Waals surface area contributed by atoms with Gasteiger partial charge in [-0.15, -0.1) is 0 Å². The number of amides is 1. The first-order valence-electron chi connectivity index (χ1n) is 7.22. The van der Waals surface area contributed by atoms with Gasteiger partial charge in [0.25, 0.3) is 0 Å². The third kappa shape index (κ3) is 2.05. The van der Waals surface area contributed by atoms with Crippen LogP contribution in [0.5, 0.6) is 0 Å². The van der Waals surface area contributed by atoms with Crippen LogP contribution in [-0.4, -0.2) is 36.0 Å². The number of carbonyl (C=O) groups is 2. The molecule has 1 atom stereocenters. The minimum absolute atomic E-state index is 0.0197. The predicted octanol–water partition coefficient (Wildman–Crippen LogP) is 2.22. The Morgan fingerprint density at radius 3 is 2.26 bits per heavy atom. The molecule has 0 radical (unpaired) electrons. The first-order chi connectivity index (χ1) is 8.75. The first-order valence-corrected chi connectivity index (χ1v) is 7.22. The third-order valence-corrected chi connectivity index (χ3v) is 5.36. The van der Waals surface area contributed by atoms with E-state index in [2.05, 4.69) is 27.7 Å². The van der Waals surface area contributed by atoms with Crippen molar-refractivity contribution in [3.8, 4) is 0 Å². The zero-order chi connectivity index (χ0) is 14.4. The molecule has 0 aromatic heterocycles. The number of ether oxygens (including phenoxy) is 1. The summed E-state index contributed by atoms with van der Waals surface area (Å²) in [6.45, 7) is 11.4. The Kier molecular flexibility index (Phi) is 3.40. The summed E-state index contributed by atoms with van der Waals surface area (Å²) in [6, 6.07) is -0.361. The highest BCUT2D eigenvalue weighted by molar-refractivity contribution is 5.89. The summed E-state index contributed by atoms with van der Waals surface area (Å²) in [4.78, 5) is 26.3. The minimum Gasteiger partial charge on any atom is -0.464 e. The molecular formula is C15H25NO3. The molecule has 1 saturated heterocycles. The van der Waals surface area contributed by atoms with Gasteiger partial charge >= 0.3 is 5.97 Å². The van der Waals surface area contributed by atoms with Gasteiger partial charge in [0.05, 0.1) is 6.61 Å². The lowest BCUT2D eigenvalue weighted by Gasteiger charge is -2.24. The molecule has 4 heteroatoms. The van der Waals surface area contributed by atoms with Crippen LogP contribution >= 0.6 is 0 Å². The van der Waals surface area contributed by atoms with Gasteiger partial charge in [0, 0.05) is 12.5 Å². The summed E-state index contributed by atoms with van der Waals surface area (Å²) in [5, 5.41) is 0. The van der Waals surface area contributed by atoms with E-state index in [9.17, 15) is 9.59 Å². The molecule has 0 aromatic carbocycles. The summed E-state index contributed by atoms with van der Waals surface area (Å²) in [5.74, 6) is -0.0924. The van der Waals surface area contributed by atoms with E-state index in [1.54, 1.807) is 11.8 Å². The number of rotatable bonds is 3. The molecule has 2 fully saturated rings. The second-order valence-electron chi connectivity index (χ2n) is 6.82. The Morgan fingerprint density at radius 2 is 1.79 bits per heavy atom. The predicted molar refractivity (Wildman–Crippen MR) is 72.4 cm³/mol. The van der Waals surface area contributed by atoms with E-state index in [0.29, 0.717) is 13.2 Å². The molecule has 19 heavy (non-hydrogen) atoms. The fourth-order valence-corrected chi connectivity index (χ4v) is 3.49. The van der Waals surface area contributed by atoms with Gasteiger partial charge in [-0.05, 0) is 30.6 Å². The molecule has 0 spiro atoms. The number of esters is 1. The van der Waals surface area contributed by atoms with E-state index in [4.69, 9.17) is 4.74 Å². The number of likely N-dealkylation sites (tertiary alicyclic amines) is 1. The molecule has 0 bridgehead atoms. The Balaban J connectivity index is 2.10. The maximum Gasteiger partial charge on any atom is 0.328 e. The zero-order valence-electron chi connectivity index (χ0n) is 12.7. The third-order valence-electron chi connectivity index (χ3n) is 5.36. The number of hydrogen-bond acceptors (Lipinski definition) is 3. The topological polar surface area (TPSA) is 46.6 Å². The van der Waals surface area contributed by atoms with Crippen molar-refractivity contribution in [2.75, 3.05) is 13.2 Å². The highest BCUT2D eigenvalue weighted by Crippen LogP contribution is 2.69. The molecule has 2 aliphatic rings. The van der Waals surface area contributed by atoms with Gasteiger partial charge < -0.3 is 9.64 Å². The van der Waals surface area contributed by atoms with E-state index in [1.807, 2.05) is 0 Å². The van der Waals surface area contributed by atoms with Crippen molar-refractivity contribution in [3.05, 3.63) is 0 Å². The maximum absolute atomic E-state index is 12.7. The SMILES string of the molecule is CCOC(=O)C1CCCN1C(=O)C1C(C)(C)C1(C)C. The fraction of sp³-hybridized carbons (Fsp3) is 0.867. The summed E-state index contributed by atoms with van der Waals surface area (Å²) in [7, 11) is 0. The molecule has 1 aliphatic heterocycles. The Labute approximate surface area is 115 Å². The molecule has 0 N–H and O–H groups in total. The van der Waals surface area contributed by atoms with Crippen molar-refractivity contribution in [1.82, 2.24) is 4.90 Å². The Hall–Kier alpha value is -1.06. The molecule has 2 rings (SSSR count). The number of nitrogens with zero attached hydrogens (tertiary/aromatic N) is 1. The van der Waals surface area contributed by atoms with E-state index in [0.717, 1.165) is 12.8 Å². The average Bonchev–Trinajstić information content (AvgIpc) is 2.71. The summed E-state index contributed by atoms with van der Waals surface area (Å²) in [6.07, 6.45) is 1.63. The van der Waals surface area contributed by atoms with Crippen LogP contribution in [0.15, 0.2) is 0 Å². The van der Waals surface area contributed by atoms with Gasteiger partial charge in [-0.1, -0.05) is 27.7 Å². The van der Waals surface area contributed by atoms with Crippen LogP contribution in [0.4, 0.5) is 0 Å². The number of hydrogen-bond donors (Lipinski definition) is 0. The van der Waals surface area contributed by atoms with Gasteiger partial charge in [-0.3, -0.25) is 4.79 Å². The van der Waals surface area contributed by atoms with Gasteiger partial charge in [0.2, 0.25) is 5.91 Å². The van der Waals surface area contributed by atoms with Crippen molar-refractivity contribution >= 4 is 11.9 Å². The summed E-state index contributed by atoms with van der Waals surface area (Å²) < 4.78 is 5.08. The lowest BCUT2D eigenvalue weighted by Crippen LogP contribution is -2.43. The van der Waals surface area contributed by atoms with E-state index in [1.165, 1.54) is 0 Å². The molecule has 1 amide bonds. The lowest BCUT2D eigenvalue weighted by atomic mass is 10.0. The molecule has 0 aromatic rings. The highest BCUT2D eigenvalue weighted by atomic mass is 16.5. The molecule has 1 aliphatic carbocycles. The zero-order valence-corrected chi connectivity index (χ0v) is 12.7. The van der Waals surface area contributed by atoms with Crippen LogP contribution < -0.4 is 0 Å². The lowest BCUT2D eigenvalue weighted by molar-refractivity contribution is -0.153.